The van der Waals surface area contributed by atoms with Gasteiger partial charge >= 0.3 is 0 Å². The molecule has 3 rings (SSSR count). The van der Waals surface area contributed by atoms with Gasteiger partial charge in [0.25, 0.3) is 5.56 Å². The van der Waals surface area contributed by atoms with Crippen LogP contribution in [0.4, 0.5) is 5.69 Å². The summed E-state index contributed by atoms with van der Waals surface area (Å²) in [6, 6.07) is 13.4. The van der Waals surface area contributed by atoms with E-state index in [-0.39, 0.29) is 5.56 Å². The van der Waals surface area contributed by atoms with Crippen molar-refractivity contribution in [1.82, 2.24) is 15.2 Å². The van der Waals surface area contributed by atoms with Gasteiger partial charge < -0.3 is 5.32 Å². The molecule has 1 aromatic carbocycles. The number of hydrogen-bond donors (Lipinski definition) is 3. The summed E-state index contributed by atoms with van der Waals surface area (Å²) in [6.07, 6.45) is 3.60. The fourth-order valence-corrected chi connectivity index (χ4v) is 1.96. The second-order valence-corrected chi connectivity index (χ2v) is 4.46. The van der Waals surface area contributed by atoms with Crippen LogP contribution in [0.3, 0.4) is 0 Å². The summed E-state index contributed by atoms with van der Waals surface area (Å²) < 4.78 is 0. The van der Waals surface area contributed by atoms with E-state index < -0.39 is 0 Å². The largest absolute Gasteiger partial charge is 0.381 e. The maximum Gasteiger partial charge on any atom is 0.264 e. The minimum atomic E-state index is -0.126. The molecule has 0 atom stereocenters. The predicted molar refractivity (Wildman–Crippen MR) is 78.4 cm³/mol. The molecule has 0 saturated carbocycles. The van der Waals surface area contributed by atoms with Crippen LogP contribution in [0.1, 0.15) is 5.56 Å². The maximum absolute atomic E-state index is 11.1. The fourth-order valence-electron chi connectivity index (χ4n) is 1.96. The molecule has 20 heavy (non-hydrogen) atoms. The Morgan fingerprint density at radius 2 is 1.95 bits per heavy atom. The van der Waals surface area contributed by atoms with Gasteiger partial charge in [0, 0.05) is 30.7 Å². The first kappa shape index (κ1) is 12.2. The number of hydrogen-bond acceptors (Lipinski definition) is 3. The molecule has 0 aliphatic rings. The van der Waals surface area contributed by atoms with Crippen LogP contribution in [0.5, 0.6) is 0 Å². The monoisotopic (exact) mass is 266 g/mol. The molecule has 3 N–H and O–H groups in total. The lowest BCUT2D eigenvalue weighted by molar-refractivity contribution is 1.06. The van der Waals surface area contributed by atoms with Gasteiger partial charge in [0.15, 0.2) is 0 Å². The number of aromatic nitrogens is 3. The lowest BCUT2D eigenvalue weighted by Crippen LogP contribution is -1.99. The van der Waals surface area contributed by atoms with Crippen molar-refractivity contribution in [3.8, 4) is 11.3 Å². The maximum atomic E-state index is 11.1. The van der Waals surface area contributed by atoms with Gasteiger partial charge in [-0.2, -0.15) is 0 Å². The van der Waals surface area contributed by atoms with E-state index in [1.54, 1.807) is 6.20 Å². The second kappa shape index (κ2) is 5.44. The van der Waals surface area contributed by atoms with Crippen molar-refractivity contribution in [3.05, 3.63) is 70.8 Å². The van der Waals surface area contributed by atoms with E-state index in [4.69, 9.17) is 0 Å². The summed E-state index contributed by atoms with van der Waals surface area (Å²) >= 11 is 0. The van der Waals surface area contributed by atoms with Gasteiger partial charge in [0.05, 0.1) is 5.69 Å². The molecule has 0 fully saturated rings. The molecule has 0 bridgehead atoms. The second-order valence-electron chi connectivity index (χ2n) is 4.46. The zero-order valence-corrected chi connectivity index (χ0v) is 10.8. The molecule has 2 aromatic heterocycles. The Balaban J connectivity index is 1.69. The number of pyridine rings is 1. The van der Waals surface area contributed by atoms with Crippen molar-refractivity contribution in [2.45, 2.75) is 6.54 Å². The van der Waals surface area contributed by atoms with Gasteiger partial charge in [0.2, 0.25) is 0 Å². The molecule has 0 aliphatic carbocycles. The highest BCUT2D eigenvalue weighted by Gasteiger charge is 2.00. The summed E-state index contributed by atoms with van der Waals surface area (Å²) in [7, 11) is 0. The van der Waals surface area contributed by atoms with Crippen LogP contribution in [0.15, 0.2) is 59.7 Å². The molecule has 0 radical (unpaired) electrons. The molecule has 0 aliphatic heterocycles. The third-order valence-electron chi connectivity index (χ3n) is 3.01. The molecule has 0 spiro atoms. The number of nitrogens with zero attached hydrogens (tertiary/aromatic N) is 1. The zero-order chi connectivity index (χ0) is 13.8. The first-order valence-corrected chi connectivity index (χ1v) is 6.32. The van der Waals surface area contributed by atoms with E-state index in [9.17, 15) is 4.79 Å². The summed E-state index contributed by atoms with van der Waals surface area (Å²) in [5, 5.41) is 8.68. The van der Waals surface area contributed by atoms with Crippen molar-refractivity contribution in [2.24, 2.45) is 0 Å². The molecule has 5 heteroatoms. The van der Waals surface area contributed by atoms with E-state index in [2.05, 4.69) is 20.5 Å². The summed E-state index contributed by atoms with van der Waals surface area (Å²) in [5.41, 5.74) is 3.78. The summed E-state index contributed by atoms with van der Waals surface area (Å²) in [6.45, 7) is 0.730. The number of benzene rings is 1. The Kier molecular flexibility index (Phi) is 3.33. The predicted octanol–water partition coefficient (Wildman–Crippen LogP) is 2.38. The smallest absolute Gasteiger partial charge is 0.264 e. The molecular weight excluding hydrogens is 252 g/mol. The van der Waals surface area contributed by atoms with Crippen molar-refractivity contribution >= 4 is 5.69 Å². The molecule has 0 amide bonds. The number of aromatic amines is 2. The van der Waals surface area contributed by atoms with Gasteiger partial charge in [-0.25, -0.2) is 0 Å². The van der Waals surface area contributed by atoms with Crippen LogP contribution in [0.2, 0.25) is 0 Å². The molecule has 2 heterocycles. The average molecular weight is 266 g/mol. The van der Waals surface area contributed by atoms with Gasteiger partial charge in [-0.1, -0.05) is 18.2 Å². The Morgan fingerprint density at radius 1 is 1.10 bits per heavy atom. The fraction of sp³-hybridized carbons (Fsp3) is 0.0667. The van der Waals surface area contributed by atoms with Crippen LogP contribution < -0.4 is 10.9 Å². The lowest BCUT2D eigenvalue weighted by Gasteiger charge is -2.06. The molecule has 0 saturated heterocycles. The zero-order valence-electron chi connectivity index (χ0n) is 10.8. The van der Waals surface area contributed by atoms with E-state index in [1.165, 1.54) is 6.07 Å². The Labute approximate surface area is 115 Å². The quantitative estimate of drug-likeness (QED) is 0.678. The van der Waals surface area contributed by atoms with Crippen molar-refractivity contribution in [3.63, 3.8) is 0 Å². The first-order chi connectivity index (χ1) is 9.81. The van der Waals surface area contributed by atoms with Gasteiger partial charge in [0.1, 0.15) is 0 Å². The van der Waals surface area contributed by atoms with Crippen molar-refractivity contribution in [1.29, 1.82) is 0 Å². The van der Waals surface area contributed by atoms with Crippen LogP contribution in [0, 0.1) is 0 Å². The Morgan fingerprint density at radius 3 is 2.60 bits per heavy atom. The highest BCUT2D eigenvalue weighted by molar-refractivity contribution is 5.62. The number of anilines is 1. The highest BCUT2D eigenvalue weighted by atomic mass is 16.1. The third kappa shape index (κ3) is 2.77. The molecule has 0 unspecified atom stereocenters. The van der Waals surface area contributed by atoms with Gasteiger partial charge in [-0.15, -0.1) is 0 Å². The number of nitrogens with one attached hydrogen (secondary N) is 3. The van der Waals surface area contributed by atoms with Crippen LogP contribution >= 0.6 is 0 Å². The number of rotatable bonds is 4. The van der Waals surface area contributed by atoms with Crippen LogP contribution in [0.25, 0.3) is 11.3 Å². The highest BCUT2D eigenvalue weighted by Crippen LogP contribution is 2.18. The molecule has 100 valence electrons. The lowest BCUT2D eigenvalue weighted by atomic mass is 10.1. The topological polar surface area (TPSA) is 73.6 Å². The van der Waals surface area contributed by atoms with Gasteiger partial charge in [-0.3, -0.25) is 20.0 Å². The molecule has 5 nitrogen and oxygen atoms in total. The van der Waals surface area contributed by atoms with Crippen LogP contribution in [-0.4, -0.2) is 15.2 Å². The standard InChI is InChI=1S/C15H14N4O/c20-15-8-14(18-19-15)12-3-5-13(6-4-12)17-10-11-2-1-7-16-9-11/h1-9,17H,10H2,(H2,18,19,20). The normalized spacial score (nSPS) is 10.4. The Hall–Kier alpha value is -2.82. The third-order valence-corrected chi connectivity index (χ3v) is 3.01. The van der Waals surface area contributed by atoms with E-state index in [0.29, 0.717) is 0 Å². The first-order valence-electron chi connectivity index (χ1n) is 6.32. The van der Waals surface area contributed by atoms with Gasteiger partial charge in [-0.05, 0) is 29.3 Å². The van der Waals surface area contributed by atoms with E-state index in [0.717, 1.165) is 29.1 Å². The molecular formula is C15H14N4O. The molecule has 3 aromatic rings. The average Bonchev–Trinajstić information content (AvgIpc) is 2.93. The van der Waals surface area contributed by atoms with Crippen LogP contribution in [-0.2, 0) is 6.54 Å². The van der Waals surface area contributed by atoms with E-state index >= 15 is 0 Å². The van der Waals surface area contributed by atoms with E-state index in [1.807, 2.05) is 42.6 Å². The van der Waals surface area contributed by atoms with Crippen molar-refractivity contribution in [2.75, 3.05) is 5.32 Å². The summed E-state index contributed by atoms with van der Waals surface area (Å²) in [4.78, 5) is 15.2. The summed E-state index contributed by atoms with van der Waals surface area (Å²) in [5.74, 6) is 0. The van der Waals surface area contributed by atoms with Crippen molar-refractivity contribution < 1.29 is 0 Å². The minimum absolute atomic E-state index is 0.126. The Bertz CT molecular complexity index is 728. The minimum Gasteiger partial charge on any atom is -0.381 e. The number of H-pyrrole nitrogens is 2. The SMILES string of the molecule is O=c1cc(-c2ccc(NCc3cccnc3)cc2)[nH][nH]1.